The SMILES string of the molecule is CCCCC(CC)N(C(N)=O)c1c(CC=C(C)C(CC(=O)OCCC)N2CCOCC2)c(OC)c(C)c2c1C(=O)OC2. The second-order valence-corrected chi connectivity index (χ2v) is 11.1. The lowest BCUT2D eigenvalue weighted by Gasteiger charge is -2.35. The highest BCUT2D eigenvalue weighted by molar-refractivity contribution is 6.06. The highest BCUT2D eigenvalue weighted by Gasteiger charge is 2.37. The average Bonchev–Trinajstić information content (AvgIpc) is 3.38. The summed E-state index contributed by atoms with van der Waals surface area (Å²) in [5, 5.41) is 0. The molecule has 0 bridgehead atoms. The molecule has 234 valence electrons. The zero-order valence-electron chi connectivity index (χ0n) is 26.3. The number of unbranched alkanes of at least 4 members (excludes halogenated alkanes) is 1. The summed E-state index contributed by atoms with van der Waals surface area (Å²) in [6.45, 7) is 13.1. The molecule has 3 rings (SSSR count). The van der Waals surface area contributed by atoms with E-state index in [1.165, 1.54) is 0 Å². The fourth-order valence-corrected chi connectivity index (χ4v) is 6.02. The monoisotopic (exact) mass is 587 g/mol. The molecule has 1 aromatic carbocycles. The van der Waals surface area contributed by atoms with E-state index in [0.717, 1.165) is 42.4 Å². The van der Waals surface area contributed by atoms with Gasteiger partial charge in [0, 0.05) is 36.3 Å². The molecule has 2 N–H and O–H groups in total. The molecule has 1 aromatic rings. The zero-order valence-corrected chi connectivity index (χ0v) is 26.3. The molecule has 10 heteroatoms. The van der Waals surface area contributed by atoms with E-state index in [9.17, 15) is 14.4 Å². The Kier molecular flexibility index (Phi) is 12.7. The van der Waals surface area contributed by atoms with Crippen LogP contribution >= 0.6 is 0 Å². The predicted octanol–water partition coefficient (Wildman–Crippen LogP) is 5.06. The normalized spacial score (nSPS) is 16.9. The minimum Gasteiger partial charge on any atom is -0.496 e. The second-order valence-electron chi connectivity index (χ2n) is 11.1. The van der Waals surface area contributed by atoms with Crippen molar-refractivity contribution in [1.29, 1.82) is 0 Å². The first-order chi connectivity index (χ1) is 20.2. The first-order valence-corrected chi connectivity index (χ1v) is 15.3. The predicted molar refractivity (Wildman–Crippen MR) is 162 cm³/mol. The number of carbonyl (C=O) groups excluding carboxylic acids is 3. The van der Waals surface area contributed by atoms with Gasteiger partial charge in [0.2, 0.25) is 0 Å². The summed E-state index contributed by atoms with van der Waals surface area (Å²) in [5.74, 6) is -0.0979. The lowest BCUT2D eigenvalue weighted by molar-refractivity contribution is -0.145. The fraction of sp³-hybridized carbons (Fsp3) is 0.656. The number of cyclic esters (lactones) is 1. The molecule has 2 aliphatic rings. The third kappa shape index (κ3) is 7.64. The number of urea groups is 1. The summed E-state index contributed by atoms with van der Waals surface area (Å²) in [7, 11) is 1.60. The molecule has 0 aromatic heterocycles. The van der Waals surface area contributed by atoms with Gasteiger partial charge in [-0.15, -0.1) is 0 Å². The van der Waals surface area contributed by atoms with Crippen molar-refractivity contribution in [3.63, 3.8) is 0 Å². The molecule has 2 unspecified atom stereocenters. The van der Waals surface area contributed by atoms with Crippen molar-refractivity contribution in [1.82, 2.24) is 4.90 Å². The van der Waals surface area contributed by atoms with E-state index in [1.807, 2.05) is 27.7 Å². The lowest BCUT2D eigenvalue weighted by Crippen LogP contribution is -2.45. The molecule has 0 saturated carbocycles. The van der Waals surface area contributed by atoms with E-state index >= 15 is 0 Å². The number of nitrogens with zero attached hydrogens (tertiary/aromatic N) is 2. The molecule has 2 atom stereocenters. The van der Waals surface area contributed by atoms with Crippen LogP contribution in [-0.4, -0.2) is 75.0 Å². The largest absolute Gasteiger partial charge is 0.496 e. The number of allylic oxidation sites excluding steroid dienone is 1. The van der Waals surface area contributed by atoms with E-state index < -0.39 is 12.0 Å². The number of methoxy groups -OCH3 is 1. The highest BCUT2D eigenvalue weighted by atomic mass is 16.5. The van der Waals surface area contributed by atoms with Gasteiger partial charge in [-0.25, -0.2) is 9.59 Å². The molecule has 1 fully saturated rings. The number of hydrogen-bond donors (Lipinski definition) is 1. The molecule has 0 radical (unpaired) electrons. The molecule has 10 nitrogen and oxygen atoms in total. The van der Waals surface area contributed by atoms with Crippen molar-refractivity contribution in [2.75, 3.05) is 44.9 Å². The van der Waals surface area contributed by atoms with Gasteiger partial charge in [-0.3, -0.25) is 14.6 Å². The van der Waals surface area contributed by atoms with Crippen LogP contribution in [0.15, 0.2) is 11.6 Å². The van der Waals surface area contributed by atoms with Gasteiger partial charge in [0.1, 0.15) is 12.4 Å². The van der Waals surface area contributed by atoms with E-state index in [4.69, 9.17) is 24.7 Å². The Morgan fingerprint density at radius 2 is 1.88 bits per heavy atom. The van der Waals surface area contributed by atoms with Gasteiger partial charge in [0.15, 0.2) is 0 Å². The number of ether oxygens (including phenoxy) is 4. The van der Waals surface area contributed by atoms with Gasteiger partial charge in [0.05, 0.1) is 44.6 Å². The summed E-state index contributed by atoms with van der Waals surface area (Å²) in [6, 6.07) is -0.975. The van der Waals surface area contributed by atoms with Crippen LogP contribution in [0.25, 0.3) is 0 Å². The van der Waals surface area contributed by atoms with E-state index in [0.29, 0.717) is 68.3 Å². The molecule has 2 amide bonds. The van der Waals surface area contributed by atoms with Gasteiger partial charge in [-0.1, -0.05) is 45.3 Å². The summed E-state index contributed by atoms with van der Waals surface area (Å²) in [6.07, 6.45) is 6.74. The van der Waals surface area contributed by atoms with Gasteiger partial charge in [-0.05, 0) is 45.1 Å². The molecule has 2 aliphatic heterocycles. The van der Waals surface area contributed by atoms with Crippen LogP contribution < -0.4 is 15.4 Å². The number of esters is 2. The number of nitrogens with two attached hydrogens (primary N) is 1. The van der Waals surface area contributed by atoms with Gasteiger partial charge in [0.25, 0.3) is 0 Å². The molecular formula is C32H49N3O7. The number of fused-ring (bicyclic) bond motifs is 1. The Bertz CT molecular complexity index is 1140. The van der Waals surface area contributed by atoms with E-state index in [2.05, 4.69) is 17.9 Å². The average molecular weight is 588 g/mol. The summed E-state index contributed by atoms with van der Waals surface area (Å²) in [4.78, 5) is 42.9. The third-order valence-electron chi connectivity index (χ3n) is 8.32. The fourth-order valence-electron chi connectivity index (χ4n) is 6.02. The molecule has 0 spiro atoms. The molecule has 1 saturated heterocycles. The summed E-state index contributed by atoms with van der Waals surface area (Å²) >= 11 is 0. The van der Waals surface area contributed by atoms with E-state index in [-0.39, 0.29) is 31.1 Å². The van der Waals surface area contributed by atoms with Crippen molar-refractivity contribution >= 4 is 23.7 Å². The maximum Gasteiger partial charge on any atom is 0.341 e. The van der Waals surface area contributed by atoms with Crippen LogP contribution in [-0.2, 0) is 32.0 Å². The first-order valence-electron chi connectivity index (χ1n) is 15.3. The maximum absolute atomic E-state index is 13.2. The first kappa shape index (κ1) is 33.4. The number of amides is 2. The lowest BCUT2D eigenvalue weighted by atomic mass is 9.91. The molecular weight excluding hydrogens is 538 g/mol. The Hall–Kier alpha value is -3.11. The highest BCUT2D eigenvalue weighted by Crippen LogP contribution is 2.44. The van der Waals surface area contributed by atoms with Crippen molar-refractivity contribution in [3.8, 4) is 5.75 Å². The number of anilines is 1. The van der Waals surface area contributed by atoms with Gasteiger partial charge < -0.3 is 24.7 Å². The van der Waals surface area contributed by atoms with Gasteiger partial charge in [-0.2, -0.15) is 0 Å². The topological polar surface area (TPSA) is 121 Å². The van der Waals surface area contributed by atoms with Crippen molar-refractivity contribution < 1.29 is 33.3 Å². The molecule has 0 aliphatic carbocycles. The van der Waals surface area contributed by atoms with E-state index in [1.54, 1.807) is 12.0 Å². The minimum absolute atomic E-state index is 0.121. The Morgan fingerprint density at radius 3 is 2.48 bits per heavy atom. The Labute approximate surface area is 250 Å². The number of rotatable bonds is 15. The van der Waals surface area contributed by atoms with Crippen LogP contribution in [0, 0.1) is 6.92 Å². The smallest absolute Gasteiger partial charge is 0.341 e. The third-order valence-corrected chi connectivity index (χ3v) is 8.32. The van der Waals surface area contributed by atoms with Crippen LogP contribution in [0.5, 0.6) is 5.75 Å². The number of benzene rings is 1. The zero-order chi connectivity index (χ0) is 30.8. The molecule has 42 heavy (non-hydrogen) atoms. The number of primary amides is 1. The van der Waals surface area contributed by atoms with Crippen LogP contribution in [0.1, 0.15) is 93.3 Å². The van der Waals surface area contributed by atoms with Crippen LogP contribution in [0.2, 0.25) is 0 Å². The minimum atomic E-state index is -0.613. The molecule has 2 heterocycles. The van der Waals surface area contributed by atoms with Gasteiger partial charge >= 0.3 is 18.0 Å². The Balaban J connectivity index is 2.14. The van der Waals surface area contributed by atoms with Crippen molar-refractivity contribution in [2.45, 2.75) is 98.3 Å². The number of hydrogen-bond acceptors (Lipinski definition) is 8. The standard InChI is InChI=1S/C32H49N3O7/c1-7-10-11-23(9-3)35(32(33)38)29-24(30(39-6)22(5)25-20-42-31(37)28(25)29)13-12-21(4)26(19-27(36)41-16-8-2)34-14-17-40-18-15-34/h12,23,26H,7-11,13-20H2,1-6H3,(H2,33,38). The maximum atomic E-state index is 13.2. The van der Waals surface area contributed by atoms with Crippen LogP contribution in [0.3, 0.4) is 0 Å². The summed E-state index contributed by atoms with van der Waals surface area (Å²) in [5.41, 5.74) is 10.1. The second kappa shape index (κ2) is 15.9. The van der Waals surface area contributed by atoms with Crippen LogP contribution in [0.4, 0.5) is 10.5 Å². The number of morpholine rings is 1. The quantitative estimate of drug-likeness (QED) is 0.223. The Morgan fingerprint density at radius 1 is 1.17 bits per heavy atom. The number of carbonyl (C=O) groups is 3. The van der Waals surface area contributed by atoms with Crippen molar-refractivity contribution in [2.24, 2.45) is 5.73 Å². The summed E-state index contributed by atoms with van der Waals surface area (Å²) < 4.78 is 22.4. The van der Waals surface area contributed by atoms with Crippen molar-refractivity contribution in [3.05, 3.63) is 33.9 Å².